The summed E-state index contributed by atoms with van der Waals surface area (Å²) < 4.78 is 34.2. The molecule has 1 aliphatic heterocycles. The number of unbranched alkanes of at least 4 members (excludes halogenated alkanes) is 9. The van der Waals surface area contributed by atoms with Crippen molar-refractivity contribution in [3.05, 3.63) is 0 Å². The quantitative estimate of drug-likeness (QED) is 0.108. The molecule has 2 N–H and O–H groups in total. The van der Waals surface area contributed by atoms with Gasteiger partial charge in [-0.2, -0.15) is 0 Å². The first-order valence-corrected chi connectivity index (χ1v) is 13.0. The smallest absolute Gasteiger partial charge is 0.748 e. The molecule has 10 heteroatoms. The van der Waals surface area contributed by atoms with Crippen LogP contribution in [0.15, 0.2) is 0 Å². The van der Waals surface area contributed by atoms with Gasteiger partial charge in [0, 0.05) is 6.42 Å². The fraction of sp³-hybridized carbons (Fsp3) is 0.905. The fourth-order valence-corrected chi connectivity index (χ4v) is 4.53. The Morgan fingerprint density at radius 1 is 1.10 bits per heavy atom. The molecule has 1 aliphatic rings. The van der Waals surface area contributed by atoms with Gasteiger partial charge < -0.3 is 14.8 Å². The van der Waals surface area contributed by atoms with Gasteiger partial charge in [-0.1, -0.05) is 64.7 Å². The predicted molar refractivity (Wildman–Crippen MR) is 116 cm³/mol. The molecule has 0 saturated heterocycles. The standard InChI is InChI=1S/C21H40N2O6S.Na/c1-2-3-4-5-6-7-8-9-10-11-12-20(26)21-22(15-16-24)13-14-23(21)17-19(25)18-30(27,28)29;/h19,24-25H,2-18H2,1H3;/q;+1. The molecule has 0 radical (unpaired) electrons. The number of β-amino-alcohol motifs (C(OH)–C–C–N with tert-alkyl or cyclic N) is 2. The summed E-state index contributed by atoms with van der Waals surface area (Å²) in [5.74, 6) is -0.510. The fourth-order valence-electron chi connectivity index (χ4n) is 3.95. The van der Waals surface area contributed by atoms with E-state index in [4.69, 9.17) is 0 Å². The number of hydrogen-bond donors (Lipinski definition) is 2. The van der Waals surface area contributed by atoms with Crippen LogP contribution in [-0.2, 0) is 14.9 Å². The topological polar surface area (TPSA) is 121 Å². The second-order valence-corrected chi connectivity index (χ2v) is 9.66. The van der Waals surface area contributed by atoms with Crippen molar-refractivity contribution in [3.8, 4) is 0 Å². The van der Waals surface area contributed by atoms with Gasteiger partial charge in [0.05, 0.1) is 22.5 Å². The van der Waals surface area contributed by atoms with E-state index in [0.29, 0.717) is 31.9 Å². The Labute approximate surface area is 210 Å². The molecule has 31 heavy (non-hydrogen) atoms. The number of nitrogens with zero attached hydrogens (tertiary/aromatic N) is 2. The molecule has 0 saturated carbocycles. The minimum atomic E-state index is -4.53. The number of amidine groups is 1. The van der Waals surface area contributed by atoms with Gasteiger partial charge in [0.2, 0.25) is 5.78 Å². The summed E-state index contributed by atoms with van der Waals surface area (Å²) in [4.78, 5) is 14.6. The Morgan fingerprint density at radius 3 is 2.16 bits per heavy atom. The summed E-state index contributed by atoms with van der Waals surface area (Å²) in [6, 6.07) is 0. The van der Waals surface area contributed by atoms with Crippen LogP contribution in [0.2, 0.25) is 0 Å². The van der Waals surface area contributed by atoms with Crippen LogP contribution in [0.3, 0.4) is 0 Å². The Balaban J connectivity index is 0.00000900. The van der Waals surface area contributed by atoms with Gasteiger partial charge in [0.15, 0.2) is 0 Å². The molecule has 0 bridgehead atoms. The Bertz CT molecular complexity index is 642. The van der Waals surface area contributed by atoms with Crippen LogP contribution in [0.1, 0.15) is 77.6 Å². The summed E-state index contributed by atoms with van der Waals surface area (Å²) >= 11 is 0. The first kappa shape index (κ1) is 31.0. The molecule has 0 fully saturated rings. The summed E-state index contributed by atoms with van der Waals surface area (Å²) in [5, 5.41) is 19.2. The first-order chi connectivity index (χ1) is 14.3. The van der Waals surface area contributed by atoms with Crippen LogP contribution in [0, 0.1) is 0 Å². The molecule has 1 atom stereocenters. The van der Waals surface area contributed by atoms with Crippen molar-refractivity contribution in [2.24, 2.45) is 0 Å². The number of hydrogen-bond acceptors (Lipinski definition) is 7. The van der Waals surface area contributed by atoms with Crippen LogP contribution in [0.25, 0.3) is 0 Å². The van der Waals surface area contributed by atoms with Crippen molar-refractivity contribution < 1.29 is 62.1 Å². The minimum Gasteiger partial charge on any atom is -0.748 e. The molecular weight excluding hydrogens is 431 g/mol. The monoisotopic (exact) mass is 471 g/mol. The van der Waals surface area contributed by atoms with E-state index in [0.717, 1.165) is 19.3 Å². The van der Waals surface area contributed by atoms with Gasteiger partial charge in [0.25, 0.3) is 0 Å². The van der Waals surface area contributed by atoms with E-state index < -0.39 is 22.0 Å². The molecule has 0 aromatic heterocycles. The third-order valence-corrected chi connectivity index (χ3v) is 6.24. The van der Waals surface area contributed by atoms with Crippen molar-refractivity contribution in [3.63, 3.8) is 0 Å². The van der Waals surface area contributed by atoms with Crippen molar-refractivity contribution in [2.45, 2.75) is 83.7 Å². The minimum absolute atomic E-state index is 0. The Kier molecular flexibility index (Phi) is 17.4. The van der Waals surface area contributed by atoms with E-state index in [-0.39, 0.29) is 48.5 Å². The van der Waals surface area contributed by atoms with Crippen LogP contribution >= 0.6 is 0 Å². The molecular formula is C21H40N2NaO6S+. The molecule has 8 nitrogen and oxygen atoms in total. The van der Waals surface area contributed by atoms with Crippen molar-refractivity contribution in [1.29, 1.82) is 0 Å². The van der Waals surface area contributed by atoms with Gasteiger partial charge in [-0.15, -0.1) is 0 Å². The Hall–Kier alpha value is -0.0300. The van der Waals surface area contributed by atoms with Gasteiger partial charge in [-0.05, 0) is 6.42 Å². The van der Waals surface area contributed by atoms with Crippen molar-refractivity contribution in [1.82, 2.24) is 4.90 Å². The van der Waals surface area contributed by atoms with Gasteiger partial charge in [0.1, 0.15) is 32.3 Å². The van der Waals surface area contributed by atoms with E-state index in [1.165, 1.54) is 44.9 Å². The number of Topliss-reactive ketones (excluding diaryl/α,β-unsaturated/α-hetero) is 1. The van der Waals surface area contributed by atoms with Gasteiger partial charge in [-0.25, -0.2) is 8.42 Å². The van der Waals surface area contributed by atoms with E-state index >= 15 is 0 Å². The molecule has 176 valence electrons. The second-order valence-electron chi connectivity index (χ2n) is 8.21. The third kappa shape index (κ3) is 14.0. The SMILES string of the molecule is CCCCCCCCCCCCC(=O)C1=[N+](CC(O)CS(=O)(=O)[O-])CCN1CCO.[Na+]. The number of rotatable bonds is 18. The van der Waals surface area contributed by atoms with Gasteiger partial charge >= 0.3 is 35.4 Å². The van der Waals surface area contributed by atoms with Crippen LogP contribution < -0.4 is 29.6 Å². The van der Waals surface area contributed by atoms with Crippen molar-refractivity contribution >= 4 is 21.7 Å². The summed E-state index contributed by atoms with van der Waals surface area (Å²) in [6.45, 7) is 3.33. The van der Waals surface area contributed by atoms with E-state index in [2.05, 4.69) is 6.92 Å². The summed E-state index contributed by atoms with van der Waals surface area (Å²) in [7, 11) is -4.53. The number of aliphatic hydroxyl groups excluding tert-OH is 2. The third-order valence-electron chi connectivity index (χ3n) is 5.44. The average molecular weight is 472 g/mol. The molecule has 0 aromatic carbocycles. The normalized spacial score (nSPS) is 15.3. The largest absolute Gasteiger partial charge is 1.00 e. The van der Waals surface area contributed by atoms with Crippen LogP contribution in [0.5, 0.6) is 0 Å². The van der Waals surface area contributed by atoms with E-state index in [9.17, 15) is 28.0 Å². The molecule has 1 heterocycles. The number of carbonyl (C=O) groups excluding carboxylic acids is 1. The molecule has 0 aromatic rings. The Morgan fingerprint density at radius 2 is 1.65 bits per heavy atom. The molecule has 1 unspecified atom stereocenters. The number of aliphatic hydroxyl groups is 2. The van der Waals surface area contributed by atoms with E-state index in [1.54, 1.807) is 9.48 Å². The summed E-state index contributed by atoms with van der Waals surface area (Å²) in [6.07, 6.45) is 10.8. The predicted octanol–water partition coefficient (Wildman–Crippen LogP) is -1.50. The maximum absolute atomic E-state index is 12.8. The molecule has 1 rings (SSSR count). The van der Waals surface area contributed by atoms with Crippen LogP contribution in [-0.4, -0.2) is 88.9 Å². The molecule has 0 amide bonds. The van der Waals surface area contributed by atoms with Crippen LogP contribution in [0.4, 0.5) is 0 Å². The molecule has 0 aliphatic carbocycles. The van der Waals surface area contributed by atoms with Crippen molar-refractivity contribution in [2.75, 3.05) is 38.5 Å². The zero-order valence-electron chi connectivity index (χ0n) is 19.4. The maximum atomic E-state index is 12.8. The number of carbonyl (C=O) groups is 1. The number of ketones is 1. The average Bonchev–Trinajstić information content (AvgIpc) is 3.04. The molecule has 0 spiro atoms. The zero-order chi connectivity index (χ0) is 22.4. The zero-order valence-corrected chi connectivity index (χ0v) is 22.2. The second kappa shape index (κ2) is 17.4. The van der Waals surface area contributed by atoms with E-state index in [1.807, 2.05) is 0 Å². The maximum Gasteiger partial charge on any atom is 1.00 e. The summed E-state index contributed by atoms with van der Waals surface area (Å²) in [5.41, 5.74) is 0. The first-order valence-electron chi connectivity index (χ1n) is 11.4. The van der Waals surface area contributed by atoms with Gasteiger partial charge in [-0.3, -0.25) is 14.3 Å².